The lowest BCUT2D eigenvalue weighted by molar-refractivity contribution is 0.465. The molecule has 1 fully saturated rings. The summed E-state index contributed by atoms with van der Waals surface area (Å²) in [5, 5.41) is 0. The number of nitrogens with zero attached hydrogens (tertiary/aromatic N) is 1. The fourth-order valence-electron chi connectivity index (χ4n) is 0.988. The van der Waals surface area contributed by atoms with Crippen molar-refractivity contribution in [2.75, 3.05) is 0 Å². The number of aromatic nitrogens is 1. The van der Waals surface area contributed by atoms with Crippen LogP contribution >= 0.6 is 15.9 Å². The van der Waals surface area contributed by atoms with Crippen molar-refractivity contribution >= 4 is 15.9 Å². The van der Waals surface area contributed by atoms with Crippen LogP contribution < -0.4 is 0 Å². The Morgan fingerprint density at radius 2 is 2.09 bits per heavy atom. The van der Waals surface area contributed by atoms with Crippen molar-refractivity contribution in [1.29, 1.82) is 0 Å². The maximum atomic E-state index is 5.48. The zero-order chi connectivity index (χ0) is 8.06. The maximum Gasteiger partial charge on any atom is 0.211 e. The van der Waals surface area contributed by atoms with E-state index in [-0.39, 0.29) is 4.32 Å². The fraction of sp³-hybridized carbons (Fsp3) is 0.625. The Morgan fingerprint density at radius 3 is 2.45 bits per heavy atom. The first-order valence-corrected chi connectivity index (χ1v) is 4.54. The third-order valence-electron chi connectivity index (χ3n) is 2.10. The van der Waals surface area contributed by atoms with Crippen LogP contribution in [-0.4, -0.2) is 4.98 Å². The van der Waals surface area contributed by atoms with Crippen molar-refractivity contribution in [2.45, 2.75) is 31.0 Å². The minimum atomic E-state index is 0.0893. The number of oxazole rings is 1. The van der Waals surface area contributed by atoms with E-state index >= 15 is 0 Å². The minimum Gasteiger partial charge on any atom is -0.444 e. The normalized spacial score (nSPS) is 20.3. The van der Waals surface area contributed by atoms with Gasteiger partial charge in [-0.1, -0.05) is 15.9 Å². The molecule has 60 valence electrons. The van der Waals surface area contributed by atoms with Crippen molar-refractivity contribution in [3.05, 3.63) is 17.3 Å². The van der Waals surface area contributed by atoms with Crippen LogP contribution in [0.2, 0.25) is 0 Å². The molecule has 0 spiro atoms. The molecule has 0 radical (unpaired) electrons. The van der Waals surface area contributed by atoms with Gasteiger partial charge in [0.1, 0.15) is 10.1 Å². The summed E-state index contributed by atoms with van der Waals surface area (Å²) in [5.41, 5.74) is 1.01. The van der Waals surface area contributed by atoms with Gasteiger partial charge in [0.25, 0.3) is 0 Å². The lowest BCUT2D eigenvalue weighted by Gasteiger charge is -1.96. The SMILES string of the molecule is Cc1nc(C2(Br)CC2)oc1C. The molecule has 0 saturated heterocycles. The fourth-order valence-corrected chi connectivity index (χ4v) is 1.36. The summed E-state index contributed by atoms with van der Waals surface area (Å²) in [5.74, 6) is 1.79. The molecule has 0 aliphatic heterocycles. The van der Waals surface area contributed by atoms with E-state index in [0.29, 0.717) is 0 Å². The van der Waals surface area contributed by atoms with Crippen LogP contribution in [0, 0.1) is 13.8 Å². The van der Waals surface area contributed by atoms with Crippen LogP contribution in [0.1, 0.15) is 30.2 Å². The van der Waals surface area contributed by atoms with Crippen LogP contribution in [0.15, 0.2) is 4.42 Å². The van der Waals surface area contributed by atoms with E-state index in [9.17, 15) is 0 Å². The van der Waals surface area contributed by atoms with Gasteiger partial charge in [-0.2, -0.15) is 0 Å². The van der Waals surface area contributed by atoms with Gasteiger partial charge in [0, 0.05) is 0 Å². The summed E-state index contributed by atoms with van der Waals surface area (Å²) in [6.07, 6.45) is 2.29. The van der Waals surface area contributed by atoms with E-state index in [1.165, 1.54) is 0 Å². The highest BCUT2D eigenvalue weighted by Crippen LogP contribution is 2.53. The lowest BCUT2D eigenvalue weighted by atomic mass is 10.4. The zero-order valence-electron chi connectivity index (χ0n) is 6.65. The van der Waals surface area contributed by atoms with Crippen LogP contribution in [0.5, 0.6) is 0 Å². The Morgan fingerprint density at radius 1 is 1.45 bits per heavy atom. The Hall–Kier alpha value is -0.310. The van der Waals surface area contributed by atoms with Gasteiger partial charge in [-0.15, -0.1) is 0 Å². The highest BCUT2D eigenvalue weighted by atomic mass is 79.9. The molecule has 1 heterocycles. The van der Waals surface area contributed by atoms with Gasteiger partial charge in [-0.3, -0.25) is 0 Å². The molecule has 0 aromatic carbocycles. The molecular weight excluding hydrogens is 206 g/mol. The first-order chi connectivity index (χ1) is 5.12. The first-order valence-electron chi connectivity index (χ1n) is 3.75. The first kappa shape index (κ1) is 7.35. The molecule has 2 rings (SSSR count). The molecule has 1 aromatic heterocycles. The van der Waals surface area contributed by atoms with Crippen molar-refractivity contribution in [3.8, 4) is 0 Å². The molecule has 1 saturated carbocycles. The minimum absolute atomic E-state index is 0.0893. The lowest BCUT2D eigenvalue weighted by Crippen LogP contribution is -1.94. The average molecular weight is 216 g/mol. The summed E-state index contributed by atoms with van der Waals surface area (Å²) in [6, 6.07) is 0. The molecule has 1 aliphatic carbocycles. The van der Waals surface area contributed by atoms with Crippen molar-refractivity contribution in [3.63, 3.8) is 0 Å². The molecule has 0 amide bonds. The Labute approximate surface area is 74.1 Å². The highest BCUT2D eigenvalue weighted by molar-refractivity contribution is 9.09. The van der Waals surface area contributed by atoms with E-state index in [1.54, 1.807) is 0 Å². The number of hydrogen-bond acceptors (Lipinski definition) is 2. The second-order valence-electron chi connectivity index (χ2n) is 3.13. The molecule has 1 aromatic rings. The molecule has 1 aliphatic rings. The van der Waals surface area contributed by atoms with Gasteiger partial charge in [0.05, 0.1) is 5.69 Å². The number of rotatable bonds is 1. The smallest absolute Gasteiger partial charge is 0.211 e. The molecule has 0 N–H and O–H groups in total. The van der Waals surface area contributed by atoms with Gasteiger partial charge in [-0.25, -0.2) is 4.98 Å². The van der Waals surface area contributed by atoms with Crippen molar-refractivity contribution < 1.29 is 4.42 Å². The third-order valence-corrected chi connectivity index (χ3v) is 3.23. The Bertz CT molecular complexity index is 269. The van der Waals surface area contributed by atoms with Crippen LogP contribution in [0.4, 0.5) is 0 Å². The number of aryl methyl sites for hydroxylation is 2. The molecule has 2 nitrogen and oxygen atoms in total. The predicted octanol–water partition coefficient (Wildman–Crippen LogP) is 2.68. The monoisotopic (exact) mass is 215 g/mol. The van der Waals surface area contributed by atoms with Gasteiger partial charge < -0.3 is 4.42 Å². The summed E-state index contributed by atoms with van der Waals surface area (Å²) in [4.78, 5) is 4.33. The van der Waals surface area contributed by atoms with Crippen LogP contribution in [0.3, 0.4) is 0 Å². The van der Waals surface area contributed by atoms with Crippen LogP contribution in [-0.2, 0) is 4.32 Å². The Balaban J connectivity index is 2.39. The van der Waals surface area contributed by atoms with Gasteiger partial charge in [-0.05, 0) is 26.7 Å². The third kappa shape index (κ3) is 1.11. The summed E-state index contributed by atoms with van der Waals surface area (Å²) in [6.45, 7) is 3.92. The standard InChI is InChI=1S/C8H10BrNO/c1-5-6(2)11-7(10-5)8(9)3-4-8/h3-4H2,1-2H3. The number of hydrogen-bond donors (Lipinski definition) is 0. The molecule has 0 atom stereocenters. The average Bonchev–Trinajstić information content (AvgIpc) is 2.59. The van der Waals surface area contributed by atoms with Crippen LogP contribution in [0.25, 0.3) is 0 Å². The molecule has 11 heavy (non-hydrogen) atoms. The zero-order valence-corrected chi connectivity index (χ0v) is 8.23. The summed E-state index contributed by atoms with van der Waals surface area (Å²) < 4.78 is 5.57. The number of halogens is 1. The van der Waals surface area contributed by atoms with Crippen molar-refractivity contribution in [1.82, 2.24) is 4.98 Å². The Kier molecular flexibility index (Phi) is 1.40. The summed E-state index contributed by atoms with van der Waals surface area (Å²) >= 11 is 3.59. The van der Waals surface area contributed by atoms with E-state index in [0.717, 1.165) is 30.2 Å². The number of alkyl halides is 1. The van der Waals surface area contributed by atoms with Gasteiger partial charge in [0.2, 0.25) is 5.89 Å². The largest absolute Gasteiger partial charge is 0.444 e. The molecular formula is C8H10BrNO. The van der Waals surface area contributed by atoms with Crippen molar-refractivity contribution in [2.24, 2.45) is 0 Å². The summed E-state index contributed by atoms with van der Waals surface area (Å²) in [7, 11) is 0. The second-order valence-corrected chi connectivity index (χ2v) is 4.64. The van der Waals surface area contributed by atoms with Gasteiger partial charge in [0.15, 0.2) is 0 Å². The molecule has 3 heteroatoms. The van der Waals surface area contributed by atoms with E-state index in [4.69, 9.17) is 4.42 Å². The highest BCUT2D eigenvalue weighted by Gasteiger charge is 2.46. The molecule has 0 unspecified atom stereocenters. The topological polar surface area (TPSA) is 26.0 Å². The quantitative estimate of drug-likeness (QED) is 0.674. The van der Waals surface area contributed by atoms with E-state index < -0.39 is 0 Å². The maximum absolute atomic E-state index is 5.48. The van der Waals surface area contributed by atoms with E-state index in [2.05, 4.69) is 20.9 Å². The van der Waals surface area contributed by atoms with E-state index in [1.807, 2.05) is 13.8 Å². The van der Waals surface area contributed by atoms with Gasteiger partial charge >= 0.3 is 0 Å². The predicted molar refractivity (Wildman–Crippen MR) is 45.8 cm³/mol. The molecule has 0 bridgehead atoms. The second kappa shape index (κ2) is 2.09.